The summed E-state index contributed by atoms with van der Waals surface area (Å²) in [4.78, 5) is 13.8. The molecule has 4 aromatic rings. The molecular formula is C25H27F2N7O. The maximum Gasteiger partial charge on any atom is 0.227 e. The van der Waals surface area contributed by atoms with E-state index in [0.29, 0.717) is 37.5 Å². The van der Waals surface area contributed by atoms with Crippen LogP contribution in [0.1, 0.15) is 13.8 Å². The summed E-state index contributed by atoms with van der Waals surface area (Å²) in [7, 11) is 0. The molecule has 8 nitrogen and oxygen atoms in total. The molecule has 0 bridgehead atoms. The molecule has 35 heavy (non-hydrogen) atoms. The topological polar surface area (TPSA) is 104 Å². The fraction of sp³-hybridized carbons (Fsp3) is 0.280. The van der Waals surface area contributed by atoms with Crippen LogP contribution < -0.4 is 26.0 Å². The van der Waals surface area contributed by atoms with Crippen LogP contribution in [0.4, 0.5) is 31.9 Å². The van der Waals surface area contributed by atoms with Gasteiger partial charge in [-0.1, -0.05) is 0 Å². The normalized spacial score (nSPS) is 13.1. The Hall–Kier alpha value is -3.92. The lowest BCUT2D eigenvalue weighted by molar-refractivity contribution is 0.287. The predicted octanol–water partition coefficient (Wildman–Crippen LogP) is 4.62. The third-order valence-electron chi connectivity index (χ3n) is 5.89. The van der Waals surface area contributed by atoms with E-state index in [9.17, 15) is 8.78 Å². The molecule has 2 aromatic heterocycles. The number of fused-ring (bicyclic) bond motifs is 2. The lowest BCUT2D eigenvalue weighted by atomic mass is 10.1. The van der Waals surface area contributed by atoms with Crippen molar-refractivity contribution in [3.05, 3.63) is 54.2 Å². The quantitative estimate of drug-likeness (QED) is 0.307. The minimum Gasteiger partial charge on any atom is -0.486 e. The molecule has 182 valence electrons. The van der Waals surface area contributed by atoms with Crippen LogP contribution in [0.15, 0.2) is 42.6 Å². The van der Waals surface area contributed by atoms with Gasteiger partial charge >= 0.3 is 0 Å². The van der Waals surface area contributed by atoms with E-state index in [1.165, 1.54) is 6.07 Å². The van der Waals surface area contributed by atoms with Crippen molar-refractivity contribution in [3.63, 3.8) is 0 Å². The average molecular weight is 480 g/mol. The van der Waals surface area contributed by atoms with Gasteiger partial charge in [-0.3, -0.25) is 0 Å². The minimum atomic E-state index is -0.639. The standard InChI is InChI=1S/C25H27F2N7O/c1-14(2)34-7-8-35-24-18(26)10-16(11-21(24)34)23-19(27)13-30-25(33-23)31-17-3-4-20-15(9-17)12-22(32-20)29-6-5-28/h3-4,9-14,29,32H,5-8,28H2,1-2H3,(H,30,31,33). The summed E-state index contributed by atoms with van der Waals surface area (Å²) in [5, 5.41) is 7.30. The third-order valence-corrected chi connectivity index (χ3v) is 5.89. The van der Waals surface area contributed by atoms with Crippen LogP contribution in [-0.2, 0) is 0 Å². The van der Waals surface area contributed by atoms with Crippen molar-refractivity contribution < 1.29 is 13.5 Å². The van der Waals surface area contributed by atoms with Crippen molar-refractivity contribution in [2.75, 3.05) is 41.8 Å². The number of nitrogens with one attached hydrogen (secondary N) is 3. The highest BCUT2D eigenvalue weighted by Gasteiger charge is 2.25. The van der Waals surface area contributed by atoms with E-state index in [4.69, 9.17) is 10.5 Å². The zero-order chi connectivity index (χ0) is 24.5. The predicted molar refractivity (Wildman–Crippen MR) is 134 cm³/mol. The Balaban J connectivity index is 1.46. The number of aromatic amines is 1. The molecule has 0 unspecified atom stereocenters. The minimum absolute atomic E-state index is 0.00877. The number of ether oxygens (including phenoxy) is 1. The monoisotopic (exact) mass is 479 g/mol. The third kappa shape index (κ3) is 4.57. The number of aromatic nitrogens is 3. The summed E-state index contributed by atoms with van der Waals surface area (Å²) in [5.41, 5.74) is 8.15. The van der Waals surface area contributed by atoms with E-state index in [2.05, 4.69) is 25.6 Å². The second-order valence-corrected chi connectivity index (χ2v) is 8.66. The molecule has 0 radical (unpaired) electrons. The van der Waals surface area contributed by atoms with E-state index >= 15 is 0 Å². The van der Waals surface area contributed by atoms with Crippen LogP contribution in [0.25, 0.3) is 22.2 Å². The Bertz CT molecular complexity index is 1370. The Morgan fingerprint density at radius 3 is 2.83 bits per heavy atom. The molecular weight excluding hydrogens is 452 g/mol. The fourth-order valence-corrected chi connectivity index (χ4v) is 4.25. The molecule has 5 rings (SSSR count). The van der Waals surface area contributed by atoms with Gasteiger partial charge < -0.3 is 31.0 Å². The Kier molecular flexibility index (Phi) is 6.12. The molecule has 10 heteroatoms. The second kappa shape index (κ2) is 9.38. The molecule has 0 aliphatic carbocycles. The highest BCUT2D eigenvalue weighted by molar-refractivity contribution is 5.87. The first-order chi connectivity index (χ1) is 16.9. The van der Waals surface area contributed by atoms with E-state index in [1.807, 2.05) is 43.0 Å². The maximum atomic E-state index is 14.9. The van der Waals surface area contributed by atoms with E-state index < -0.39 is 11.6 Å². The van der Waals surface area contributed by atoms with Gasteiger partial charge in [-0.05, 0) is 50.2 Å². The van der Waals surface area contributed by atoms with Crippen molar-refractivity contribution in [2.24, 2.45) is 5.73 Å². The number of H-pyrrole nitrogens is 1. The Morgan fingerprint density at radius 1 is 1.17 bits per heavy atom. The van der Waals surface area contributed by atoms with E-state index in [0.717, 1.165) is 28.6 Å². The molecule has 3 heterocycles. The number of nitrogens with zero attached hydrogens (tertiary/aromatic N) is 3. The van der Waals surface area contributed by atoms with Crippen LogP contribution in [0.3, 0.4) is 0 Å². The molecule has 0 saturated carbocycles. The molecule has 2 aromatic carbocycles. The molecule has 1 aliphatic heterocycles. The van der Waals surface area contributed by atoms with Gasteiger partial charge in [0.25, 0.3) is 0 Å². The molecule has 0 spiro atoms. The Morgan fingerprint density at radius 2 is 2.03 bits per heavy atom. The van der Waals surface area contributed by atoms with E-state index in [-0.39, 0.29) is 23.4 Å². The number of anilines is 4. The van der Waals surface area contributed by atoms with E-state index in [1.54, 1.807) is 6.07 Å². The molecule has 0 saturated heterocycles. The van der Waals surface area contributed by atoms with Crippen molar-refractivity contribution >= 4 is 34.0 Å². The van der Waals surface area contributed by atoms with Gasteiger partial charge in [0.2, 0.25) is 5.95 Å². The number of halogens is 2. The van der Waals surface area contributed by atoms with Gasteiger partial charge in [0.1, 0.15) is 18.1 Å². The first kappa shape index (κ1) is 22.9. The van der Waals surface area contributed by atoms with Crippen LogP contribution in [0.2, 0.25) is 0 Å². The van der Waals surface area contributed by atoms with Gasteiger partial charge in [-0.25, -0.2) is 18.7 Å². The number of hydrogen-bond acceptors (Lipinski definition) is 7. The smallest absolute Gasteiger partial charge is 0.227 e. The summed E-state index contributed by atoms with van der Waals surface area (Å²) in [6.07, 6.45) is 1.09. The largest absolute Gasteiger partial charge is 0.486 e. The summed E-state index contributed by atoms with van der Waals surface area (Å²) in [6, 6.07) is 10.8. The van der Waals surface area contributed by atoms with Crippen molar-refractivity contribution in [3.8, 4) is 17.0 Å². The summed E-state index contributed by atoms with van der Waals surface area (Å²) in [6.45, 7) is 6.25. The lowest BCUT2D eigenvalue weighted by Gasteiger charge is -2.34. The lowest BCUT2D eigenvalue weighted by Crippen LogP contribution is -2.38. The summed E-state index contributed by atoms with van der Waals surface area (Å²) < 4.78 is 35.2. The first-order valence-corrected chi connectivity index (χ1v) is 11.5. The average Bonchev–Trinajstić information content (AvgIpc) is 3.25. The molecule has 0 atom stereocenters. The maximum absolute atomic E-state index is 14.9. The fourth-order valence-electron chi connectivity index (χ4n) is 4.25. The summed E-state index contributed by atoms with van der Waals surface area (Å²) >= 11 is 0. The molecule has 0 amide bonds. The SMILES string of the molecule is CC(C)N1CCOc2c(F)cc(-c3nc(Nc4ccc5[nH]c(NCCN)cc5c4)ncc3F)cc21. The zero-order valence-electron chi connectivity index (χ0n) is 19.5. The Labute approximate surface area is 201 Å². The number of benzene rings is 2. The highest BCUT2D eigenvalue weighted by atomic mass is 19.1. The first-order valence-electron chi connectivity index (χ1n) is 11.5. The number of nitrogens with two attached hydrogens (primary N) is 1. The molecule has 1 aliphatic rings. The second-order valence-electron chi connectivity index (χ2n) is 8.66. The van der Waals surface area contributed by atoms with Crippen molar-refractivity contribution in [2.45, 2.75) is 19.9 Å². The number of rotatable bonds is 7. The van der Waals surface area contributed by atoms with Crippen LogP contribution >= 0.6 is 0 Å². The van der Waals surface area contributed by atoms with Gasteiger partial charge in [-0.2, -0.15) is 0 Å². The molecule has 0 fully saturated rings. The van der Waals surface area contributed by atoms with Gasteiger partial charge in [-0.15, -0.1) is 0 Å². The summed E-state index contributed by atoms with van der Waals surface area (Å²) in [5.74, 6) is 0.0676. The van der Waals surface area contributed by atoms with Crippen LogP contribution in [-0.4, -0.2) is 47.2 Å². The van der Waals surface area contributed by atoms with Crippen LogP contribution in [0, 0.1) is 11.6 Å². The van der Waals surface area contributed by atoms with Crippen molar-refractivity contribution in [1.82, 2.24) is 15.0 Å². The van der Waals surface area contributed by atoms with Crippen LogP contribution in [0.5, 0.6) is 5.75 Å². The van der Waals surface area contributed by atoms with Crippen molar-refractivity contribution in [1.29, 1.82) is 0 Å². The molecule has 5 N–H and O–H groups in total. The highest BCUT2D eigenvalue weighted by Crippen LogP contribution is 2.39. The zero-order valence-corrected chi connectivity index (χ0v) is 19.5. The number of hydrogen-bond donors (Lipinski definition) is 4. The van der Waals surface area contributed by atoms with Gasteiger partial charge in [0.15, 0.2) is 17.4 Å². The van der Waals surface area contributed by atoms with Gasteiger partial charge in [0, 0.05) is 41.3 Å². The van der Waals surface area contributed by atoms with Gasteiger partial charge in [0.05, 0.1) is 18.4 Å².